The predicted molar refractivity (Wildman–Crippen MR) is 86.5 cm³/mol. The van der Waals surface area contributed by atoms with Gasteiger partial charge in [0.15, 0.2) is 0 Å². The van der Waals surface area contributed by atoms with Gasteiger partial charge in [0.2, 0.25) is 5.91 Å². The lowest BCUT2D eigenvalue weighted by Crippen LogP contribution is -2.39. The van der Waals surface area contributed by atoms with Crippen LogP contribution in [0.15, 0.2) is 18.5 Å². The number of hydrogen-bond acceptors (Lipinski definition) is 5. The number of amides is 1. The second-order valence-electron chi connectivity index (χ2n) is 6.97. The fraction of sp³-hybridized carbons (Fsp3) is 0.706. The molecule has 1 N–H and O–H groups in total. The Morgan fingerprint density at radius 3 is 2.78 bits per heavy atom. The SMILES string of the molecule is CN(Cc1ncccn1)C1CCN(C(=O)CC2(O)CCCC2)C1. The first kappa shape index (κ1) is 16.3. The zero-order valence-corrected chi connectivity index (χ0v) is 13.8. The molecule has 126 valence electrons. The molecule has 3 rings (SSSR count). The molecule has 1 saturated carbocycles. The fourth-order valence-electron chi connectivity index (χ4n) is 3.70. The van der Waals surface area contributed by atoms with Crippen molar-refractivity contribution in [2.45, 2.75) is 56.7 Å². The number of likely N-dealkylation sites (N-methyl/N-ethyl adjacent to an activating group) is 1. The average molecular weight is 318 g/mol. The summed E-state index contributed by atoms with van der Waals surface area (Å²) in [5.74, 6) is 0.904. The summed E-state index contributed by atoms with van der Waals surface area (Å²) in [6.07, 6.45) is 8.35. The minimum absolute atomic E-state index is 0.0984. The van der Waals surface area contributed by atoms with Crippen molar-refractivity contribution in [3.63, 3.8) is 0 Å². The topological polar surface area (TPSA) is 69.6 Å². The van der Waals surface area contributed by atoms with Crippen molar-refractivity contribution in [3.05, 3.63) is 24.3 Å². The molecular formula is C17H26N4O2. The van der Waals surface area contributed by atoms with Gasteiger partial charge in [-0.05, 0) is 32.4 Å². The van der Waals surface area contributed by atoms with Gasteiger partial charge >= 0.3 is 0 Å². The van der Waals surface area contributed by atoms with Crippen LogP contribution in [0.3, 0.4) is 0 Å². The molecule has 1 atom stereocenters. The van der Waals surface area contributed by atoms with Gasteiger partial charge in [0.05, 0.1) is 18.6 Å². The molecule has 1 aliphatic heterocycles. The summed E-state index contributed by atoms with van der Waals surface area (Å²) < 4.78 is 0. The summed E-state index contributed by atoms with van der Waals surface area (Å²) in [5.41, 5.74) is -0.751. The number of carbonyl (C=O) groups is 1. The van der Waals surface area contributed by atoms with Crippen LogP contribution in [0.2, 0.25) is 0 Å². The Hall–Kier alpha value is -1.53. The largest absolute Gasteiger partial charge is 0.389 e. The molecule has 23 heavy (non-hydrogen) atoms. The quantitative estimate of drug-likeness (QED) is 0.883. The van der Waals surface area contributed by atoms with Crippen molar-refractivity contribution in [3.8, 4) is 0 Å². The molecule has 2 heterocycles. The number of carbonyl (C=O) groups excluding carboxylic acids is 1. The normalized spacial score (nSPS) is 23.6. The lowest BCUT2D eigenvalue weighted by Gasteiger charge is -2.26. The van der Waals surface area contributed by atoms with Crippen molar-refractivity contribution in [2.75, 3.05) is 20.1 Å². The van der Waals surface area contributed by atoms with E-state index >= 15 is 0 Å². The van der Waals surface area contributed by atoms with Crippen molar-refractivity contribution >= 4 is 5.91 Å². The molecule has 1 unspecified atom stereocenters. The van der Waals surface area contributed by atoms with E-state index < -0.39 is 5.60 Å². The molecule has 1 aromatic heterocycles. The number of likely N-dealkylation sites (tertiary alicyclic amines) is 1. The minimum Gasteiger partial charge on any atom is -0.389 e. The van der Waals surface area contributed by atoms with Gasteiger partial charge in [-0.2, -0.15) is 0 Å². The highest BCUT2D eigenvalue weighted by molar-refractivity contribution is 5.77. The summed E-state index contributed by atoms with van der Waals surface area (Å²) in [7, 11) is 2.06. The molecule has 0 spiro atoms. The molecule has 6 heteroatoms. The van der Waals surface area contributed by atoms with E-state index in [4.69, 9.17) is 0 Å². The molecule has 2 aliphatic rings. The van der Waals surface area contributed by atoms with Gasteiger partial charge in [0.1, 0.15) is 5.82 Å². The highest BCUT2D eigenvalue weighted by Gasteiger charge is 2.37. The molecule has 2 fully saturated rings. The van der Waals surface area contributed by atoms with Crippen LogP contribution in [0.1, 0.15) is 44.3 Å². The van der Waals surface area contributed by atoms with Gasteiger partial charge in [-0.3, -0.25) is 9.69 Å². The Morgan fingerprint density at radius 1 is 1.39 bits per heavy atom. The van der Waals surface area contributed by atoms with Crippen LogP contribution in [-0.4, -0.2) is 62.6 Å². The summed E-state index contributed by atoms with van der Waals surface area (Å²) in [6.45, 7) is 2.20. The molecule has 0 bridgehead atoms. The smallest absolute Gasteiger partial charge is 0.225 e. The molecular weight excluding hydrogens is 292 g/mol. The van der Waals surface area contributed by atoms with Gasteiger partial charge in [-0.15, -0.1) is 0 Å². The van der Waals surface area contributed by atoms with E-state index in [1.165, 1.54) is 0 Å². The fourth-order valence-corrected chi connectivity index (χ4v) is 3.70. The number of hydrogen-bond donors (Lipinski definition) is 1. The third-order valence-corrected chi connectivity index (χ3v) is 5.16. The second kappa shape index (κ2) is 6.93. The van der Waals surface area contributed by atoms with Crippen LogP contribution in [0.4, 0.5) is 0 Å². The molecule has 1 aliphatic carbocycles. The lowest BCUT2D eigenvalue weighted by molar-refractivity contribution is -0.135. The first-order chi connectivity index (χ1) is 11.1. The molecule has 1 amide bonds. The molecule has 0 radical (unpaired) electrons. The van der Waals surface area contributed by atoms with E-state index in [1.54, 1.807) is 12.4 Å². The van der Waals surface area contributed by atoms with Crippen LogP contribution in [0.25, 0.3) is 0 Å². The maximum Gasteiger partial charge on any atom is 0.225 e. The zero-order chi connectivity index (χ0) is 16.3. The number of aromatic nitrogens is 2. The van der Waals surface area contributed by atoms with Gasteiger partial charge < -0.3 is 10.0 Å². The predicted octanol–water partition coefficient (Wildman–Crippen LogP) is 1.20. The monoisotopic (exact) mass is 318 g/mol. The summed E-state index contributed by atoms with van der Waals surface area (Å²) >= 11 is 0. The first-order valence-corrected chi connectivity index (χ1v) is 8.52. The number of nitrogens with zero attached hydrogens (tertiary/aromatic N) is 4. The Labute approximate surface area is 137 Å². The minimum atomic E-state index is -0.751. The lowest BCUT2D eigenvalue weighted by atomic mass is 9.97. The zero-order valence-electron chi connectivity index (χ0n) is 13.8. The molecule has 1 aromatic rings. The van der Waals surface area contributed by atoms with Crippen LogP contribution >= 0.6 is 0 Å². The van der Waals surface area contributed by atoms with Crippen molar-refractivity contribution in [1.82, 2.24) is 19.8 Å². The Morgan fingerprint density at radius 2 is 2.09 bits per heavy atom. The van der Waals surface area contributed by atoms with E-state index in [-0.39, 0.29) is 12.3 Å². The van der Waals surface area contributed by atoms with Gasteiger partial charge in [0.25, 0.3) is 0 Å². The van der Waals surface area contributed by atoms with E-state index in [0.717, 1.165) is 51.0 Å². The van der Waals surface area contributed by atoms with E-state index in [0.29, 0.717) is 12.6 Å². The van der Waals surface area contributed by atoms with E-state index in [9.17, 15) is 9.90 Å². The first-order valence-electron chi connectivity index (χ1n) is 8.52. The maximum absolute atomic E-state index is 12.5. The second-order valence-corrected chi connectivity index (χ2v) is 6.97. The molecule has 6 nitrogen and oxygen atoms in total. The standard InChI is InChI=1S/C17H26N4O2/c1-20(13-15-18-8-4-9-19-15)14-5-10-21(12-14)16(22)11-17(23)6-2-3-7-17/h4,8-9,14,23H,2-3,5-7,10-13H2,1H3. The van der Waals surface area contributed by atoms with Crippen LogP contribution in [0, 0.1) is 0 Å². The highest BCUT2D eigenvalue weighted by Crippen LogP contribution is 2.33. The van der Waals surface area contributed by atoms with Crippen LogP contribution in [0.5, 0.6) is 0 Å². The maximum atomic E-state index is 12.5. The third kappa shape index (κ3) is 4.06. The van der Waals surface area contributed by atoms with Crippen molar-refractivity contribution in [2.24, 2.45) is 0 Å². The number of rotatable bonds is 5. The molecule has 1 saturated heterocycles. The van der Waals surface area contributed by atoms with Gasteiger partial charge in [-0.25, -0.2) is 9.97 Å². The van der Waals surface area contributed by atoms with Gasteiger partial charge in [-0.1, -0.05) is 12.8 Å². The van der Waals surface area contributed by atoms with Crippen molar-refractivity contribution in [1.29, 1.82) is 0 Å². The Balaban J connectivity index is 1.50. The van der Waals surface area contributed by atoms with Crippen molar-refractivity contribution < 1.29 is 9.90 Å². The Bertz CT molecular complexity index is 531. The summed E-state index contributed by atoms with van der Waals surface area (Å²) in [5, 5.41) is 10.4. The Kier molecular flexibility index (Phi) is 4.92. The third-order valence-electron chi connectivity index (χ3n) is 5.16. The van der Waals surface area contributed by atoms with E-state index in [1.807, 2.05) is 11.0 Å². The highest BCUT2D eigenvalue weighted by atomic mass is 16.3. The molecule has 0 aromatic carbocycles. The summed E-state index contributed by atoms with van der Waals surface area (Å²) in [6, 6.07) is 2.15. The van der Waals surface area contributed by atoms with E-state index in [2.05, 4.69) is 21.9 Å². The summed E-state index contributed by atoms with van der Waals surface area (Å²) in [4.78, 5) is 25.1. The number of aliphatic hydroxyl groups is 1. The average Bonchev–Trinajstić information content (AvgIpc) is 3.17. The van der Waals surface area contributed by atoms with Crippen LogP contribution < -0.4 is 0 Å². The van der Waals surface area contributed by atoms with Gasteiger partial charge in [0, 0.05) is 31.5 Å². The van der Waals surface area contributed by atoms with Crippen LogP contribution in [-0.2, 0) is 11.3 Å².